The molecule has 0 unspecified atom stereocenters. The Labute approximate surface area is 96.1 Å². The first-order valence-electron chi connectivity index (χ1n) is 5.04. The Hall–Kier alpha value is -1.75. The molecule has 2 rings (SSSR count). The summed E-state index contributed by atoms with van der Waals surface area (Å²) in [6.07, 6.45) is 1.52. The van der Waals surface area contributed by atoms with Crippen LogP contribution in [0.3, 0.4) is 0 Å². The van der Waals surface area contributed by atoms with Gasteiger partial charge in [0.25, 0.3) is 0 Å². The third kappa shape index (κ3) is 2.68. The van der Waals surface area contributed by atoms with Crippen molar-refractivity contribution >= 4 is 0 Å². The lowest BCUT2D eigenvalue weighted by atomic mass is 10.2. The Balaban J connectivity index is 1.97. The van der Waals surface area contributed by atoms with E-state index in [1.165, 1.54) is 12.3 Å². The van der Waals surface area contributed by atoms with Crippen LogP contribution in [0.1, 0.15) is 11.3 Å². The van der Waals surface area contributed by atoms with E-state index in [9.17, 15) is 13.2 Å². The van der Waals surface area contributed by atoms with Gasteiger partial charge in [0, 0.05) is 12.1 Å². The molecular weight excluding hydrogens is 231 g/mol. The van der Waals surface area contributed by atoms with Crippen molar-refractivity contribution in [3.05, 3.63) is 59.3 Å². The summed E-state index contributed by atoms with van der Waals surface area (Å²) < 4.78 is 43.9. The van der Waals surface area contributed by atoms with E-state index in [1.54, 1.807) is 12.1 Å². The monoisotopic (exact) mass is 241 g/mol. The Morgan fingerprint density at radius 1 is 1.00 bits per heavy atom. The van der Waals surface area contributed by atoms with E-state index in [0.29, 0.717) is 12.3 Å². The molecule has 2 nitrogen and oxygen atoms in total. The second-order valence-corrected chi connectivity index (χ2v) is 3.52. The smallest absolute Gasteiger partial charge is 0.194 e. The third-order valence-electron chi connectivity index (χ3n) is 2.31. The van der Waals surface area contributed by atoms with Gasteiger partial charge in [0.05, 0.1) is 12.8 Å². The summed E-state index contributed by atoms with van der Waals surface area (Å²) in [7, 11) is 0. The molecule has 17 heavy (non-hydrogen) atoms. The minimum atomic E-state index is -1.44. The van der Waals surface area contributed by atoms with Gasteiger partial charge >= 0.3 is 0 Å². The van der Waals surface area contributed by atoms with Gasteiger partial charge in [0.15, 0.2) is 17.5 Å². The largest absolute Gasteiger partial charge is 0.468 e. The molecule has 0 fully saturated rings. The molecule has 0 radical (unpaired) electrons. The summed E-state index contributed by atoms with van der Waals surface area (Å²) in [4.78, 5) is 0. The molecule has 1 N–H and O–H groups in total. The highest BCUT2D eigenvalue weighted by molar-refractivity contribution is 5.20. The number of furan rings is 1. The van der Waals surface area contributed by atoms with E-state index in [1.807, 2.05) is 0 Å². The molecule has 90 valence electrons. The Kier molecular flexibility index (Phi) is 3.49. The molecule has 0 aliphatic heterocycles. The van der Waals surface area contributed by atoms with Crippen LogP contribution in [-0.4, -0.2) is 0 Å². The predicted molar refractivity (Wildman–Crippen MR) is 55.6 cm³/mol. The molecule has 5 heteroatoms. The summed E-state index contributed by atoms with van der Waals surface area (Å²) >= 11 is 0. The minimum Gasteiger partial charge on any atom is -0.468 e. The maximum absolute atomic E-state index is 13.2. The zero-order valence-electron chi connectivity index (χ0n) is 8.84. The molecule has 2 aromatic rings. The van der Waals surface area contributed by atoms with Crippen LogP contribution in [-0.2, 0) is 13.1 Å². The standard InChI is InChI=1S/C12H10F3NO/c13-10-4-3-8(11(14)12(10)15)6-16-7-9-2-1-5-17-9/h1-5,16H,6-7H2. The lowest BCUT2D eigenvalue weighted by molar-refractivity contribution is 0.434. The average molecular weight is 241 g/mol. The molecule has 0 aliphatic carbocycles. The topological polar surface area (TPSA) is 25.2 Å². The highest BCUT2D eigenvalue weighted by Gasteiger charge is 2.12. The number of nitrogens with one attached hydrogen (secondary N) is 1. The van der Waals surface area contributed by atoms with Crippen molar-refractivity contribution in [1.29, 1.82) is 0 Å². The van der Waals surface area contributed by atoms with E-state index in [0.717, 1.165) is 6.07 Å². The first kappa shape index (κ1) is 11.7. The number of halogens is 3. The molecule has 0 saturated carbocycles. The first-order chi connectivity index (χ1) is 8.18. The number of benzene rings is 1. The van der Waals surface area contributed by atoms with Crippen molar-refractivity contribution in [3.8, 4) is 0 Å². The normalized spacial score (nSPS) is 10.8. The number of rotatable bonds is 4. The number of hydrogen-bond acceptors (Lipinski definition) is 2. The van der Waals surface area contributed by atoms with Crippen LogP contribution in [0.5, 0.6) is 0 Å². The average Bonchev–Trinajstić information content (AvgIpc) is 2.82. The second kappa shape index (κ2) is 5.05. The molecule has 0 bridgehead atoms. The van der Waals surface area contributed by atoms with Crippen molar-refractivity contribution in [2.45, 2.75) is 13.1 Å². The van der Waals surface area contributed by atoms with Gasteiger partial charge in [0.2, 0.25) is 0 Å². The molecule has 0 aliphatic rings. The van der Waals surface area contributed by atoms with Crippen LogP contribution in [0.15, 0.2) is 34.9 Å². The Morgan fingerprint density at radius 3 is 2.53 bits per heavy atom. The molecular formula is C12H10F3NO. The quantitative estimate of drug-likeness (QED) is 0.832. The third-order valence-corrected chi connectivity index (χ3v) is 2.31. The lowest BCUT2D eigenvalue weighted by Gasteiger charge is -2.05. The zero-order chi connectivity index (χ0) is 12.3. The van der Waals surface area contributed by atoms with Gasteiger partial charge in [-0.3, -0.25) is 0 Å². The van der Waals surface area contributed by atoms with Gasteiger partial charge in [-0.25, -0.2) is 13.2 Å². The fourth-order valence-electron chi connectivity index (χ4n) is 1.44. The SMILES string of the molecule is Fc1ccc(CNCc2ccco2)c(F)c1F. The summed E-state index contributed by atoms with van der Waals surface area (Å²) in [5.41, 5.74) is 0.0791. The summed E-state index contributed by atoms with van der Waals surface area (Å²) in [5.74, 6) is -3.09. The van der Waals surface area contributed by atoms with Crippen LogP contribution in [0.2, 0.25) is 0 Å². The van der Waals surface area contributed by atoms with E-state index in [-0.39, 0.29) is 12.1 Å². The predicted octanol–water partition coefficient (Wildman–Crippen LogP) is 2.99. The zero-order valence-corrected chi connectivity index (χ0v) is 8.84. The molecule has 0 spiro atoms. The lowest BCUT2D eigenvalue weighted by Crippen LogP contribution is -2.14. The van der Waals surface area contributed by atoms with Crippen LogP contribution >= 0.6 is 0 Å². The number of hydrogen-bond donors (Lipinski definition) is 1. The highest BCUT2D eigenvalue weighted by Crippen LogP contribution is 2.15. The van der Waals surface area contributed by atoms with Gasteiger partial charge in [-0.2, -0.15) is 0 Å². The van der Waals surface area contributed by atoms with Crippen LogP contribution in [0.4, 0.5) is 13.2 Å². The Bertz CT molecular complexity index is 497. The van der Waals surface area contributed by atoms with Gasteiger partial charge < -0.3 is 9.73 Å². The fourth-order valence-corrected chi connectivity index (χ4v) is 1.44. The molecule has 1 heterocycles. The van der Waals surface area contributed by atoms with E-state index in [4.69, 9.17) is 4.42 Å². The van der Waals surface area contributed by atoms with E-state index < -0.39 is 17.5 Å². The van der Waals surface area contributed by atoms with Crippen LogP contribution in [0, 0.1) is 17.5 Å². The van der Waals surface area contributed by atoms with Crippen molar-refractivity contribution < 1.29 is 17.6 Å². The van der Waals surface area contributed by atoms with Gasteiger partial charge in [-0.1, -0.05) is 6.07 Å². The Morgan fingerprint density at radius 2 is 1.82 bits per heavy atom. The van der Waals surface area contributed by atoms with Crippen LogP contribution < -0.4 is 5.32 Å². The summed E-state index contributed by atoms with van der Waals surface area (Å²) in [6.45, 7) is 0.495. The molecule has 0 amide bonds. The first-order valence-corrected chi connectivity index (χ1v) is 5.04. The van der Waals surface area contributed by atoms with Crippen molar-refractivity contribution in [2.24, 2.45) is 0 Å². The molecule has 0 atom stereocenters. The van der Waals surface area contributed by atoms with Crippen molar-refractivity contribution in [2.75, 3.05) is 0 Å². The molecule has 1 aromatic heterocycles. The maximum atomic E-state index is 13.2. The van der Waals surface area contributed by atoms with Gasteiger partial charge in [-0.15, -0.1) is 0 Å². The highest BCUT2D eigenvalue weighted by atomic mass is 19.2. The summed E-state index contributed by atoms with van der Waals surface area (Å²) in [5, 5.41) is 2.87. The van der Waals surface area contributed by atoms with Gasteiger partial charge in [-0.05, 0) is 18.2 Å². The second-order valence-electron chi connectivity index (χ2n) is 3.52. The fraction of sp³-hybridized carbons (Fsp3) is 0.167. The van der Waals surface area contributed by atoms with E-state index >= 15 is 0 Å². The maximum Gasteiger partial charge on any atom is 0.194 e. The molecule has 1 aromatic carbocycles. The van der Waals surface area contributed by atoms with Crippen molar-refractivity contribution in [1.82, 2.24) is 5.32 Å². The molecule has 0 saturated heterocycles. The van der Waals surface area contributed by atoms with Crippen LogP contribution in [0.25, 0.3) is 0 Å². The minimum absolute atomic E-state index is 0.0791. The van der Waals surface area contributed by atoms with E-state index in [2.05, 4.69) is 5.32 Å². The van der Waals surface area contributed by atoms with Crippen molar-refractivity contribution in [3.63, 3.8) is 0 Å². The van der Waals surface area contributed by atoms with Gasteiger partial charge in [0.1, 0.15) is 5.76 Å². The summed E-state index contributed by atoms with van der Waals surface area (Å²) in [6, 6.07) is 5.61.